The fourth-order valence-corrected chi connectivity index (χ4v) is 3.19. The van der Waals surface area contributed by atoms with Crippen molar-refractivity contribution in [1.29, 1.82) is 0 Å². The molecular weight excluding hydrogens is 236 g/mol. The number of anilines is 1. The number of carbonyl (C=O) groups is 1. The number of rotatable bonds is 4. The van der Waals surface area contributed by atoms with Gasteiger partial charge in [-0.2, -0.15) is 16.9 Å². The Balaban J connectivity index is 1.94. The Morgan fingerprint density at radius 1 is 1.65 bits per heavy atom. The van der Waals surface area contributed by atoms with Crippen LogP contribution in [0.15, 0.2) is 6.20 Å². The van der Waals surface area contributed by atoms with E-state index >= 15 is 0 Å². The molecule has 0 aliphatic heterocycles. The van der Waals surface area contributed by atoms with Gasteiger partial charge in [-0.1, -0.05) is 12.8 Å². The molecule has 0 saturated heterocycles. The van der Waals surface area contributed by atoms with E-state index in [2.05, 4.69) is 21.8 Å². The lowest BCUT2D eigenvalue weighted by Gasteiger charge is -2.26. The number of hydrogen-bond donors (Lipinski definition) is 3. The number of aromatic amines is 1. The maximum Gasteiger partial charge on any atom is 0.271 e. The molecule has 0 bridgehead atoms. The van der Waals surface area contributed by atoms with E-state index < -0.39 is 0 Å². The van der Waals surface area contributed by atoms with Gasteiger partial charge < -0.3 is 11.1 Å². The van der Waals surface area contributed by atoms with Gasteiger partial charge in [0.1, 0.15) is 5.69 Å². The van der Waals surface area contributed by atoms with Gasteiger partial charge in [0.25, 0.3) is 5.91 Å². The number of H-pyrrole nitrogens is 1. The van der Waals surface area contributed by atoms with Crippen LogP contribution in [0.3, 0.4) is 0 Å². The highest BCUT2D eigenvalue weighted by Gasteiger charge is 2.33. The lowest BCUT2D eigenvalue weighted by molar-refractivity contribution is 0.0945. The topological polar surface area (TPSA) is 83.8 Å². The fourth-order valence-electron chi connectivity index (χ4n) is 2.28. The third kappa shape index (κ3) is 2.57. The van der Waals surface area contributed by atoms with Gasteiger partial charge in [0.15, 0.2) is 0 Å². The first-order valence-electron chi connectivity index (χ1n) is 5.79. The number of nitrogens with one attached hydrogen (secondary N) is 2. The summed E-state index contributed by atoms with van der Waals surface area (Å²) >= 11 is 1.85. The highest BCUT2D eigenvalue weighted by molar-refractivity contribution is 8.00. The summed E-state index contributed by atoms with van der Waals surface area (Å²) in [7, 11) is 0. The molecular formula is C11H18N4OS. The number of thioether (sulfide) groups is 1. The second kappa shape index (κ2) is 5.00. The lowest BCUT2D eigenvalue weighted by atomic mass is 10.1. The number of hydrogen-bond acceptors (Lipinski definition) is 4. The molecule has 1 aliphatic rings. The number of nitrogen functional groups attached to an aromatic ring is 1. The van der Waals surface area contributed by atoms with Crippen LogP contribution in [0.5, 0.6) is 0 Å². The summed E-state index contributed by atoms with van der Waals surface area (Å²) in [5.41, 5.74) is 6.39. The van der Waals surface area contributed by atoms with Crippen molar-refractivity contribution in [2.24, 2.45) is 0 Å². The van der Waals surface area contributed by atoms with Crippen LogP contribution in [-0.2, 0) is 0 Å². The minimum absolute atomic E-state index is 0.166. The molecule has 4 N–H and O–H groups in total. The van der Waals surface area contributed by atoms with Crippen molar-refractivity contribution in [3.8, 4) is 0 Å². The molecule has 0 atom stereocenters. The van der Waals surface area contributed by atoms with Gasteiger partial charge >= 0.3 is 0 Å². The Bertz CT molecular complexity index is 398. The molecule has 1 amide bonds. The van der Waals surface area contributed by atoms with Crippen LogP contribution < -0.4 is 11.1 Å². The molecule has 1 fully saturated rings. The van der Waals surface area contributed by atoms with Crippen LogP contribution in [0.2, 0.25) is 0 Å². The minimum atomic E-state index is -0.166. The highest BCUT2D eigenvalue weighted by Crippen LogP contribution is 2.39. The monoisotopic (exact) mass is 254 g/mol. The zero-order valence-corrected chi connectivity index (χ0v) is 10.8. The van der Waals surface area contributed by atoms with Crippen LogP contribution in [0.1, 0.15) is 36.2 Å². The molecule has 1 aliphatic carbocycles. The van der Waals surface area contributed by atoms with Gasteiger partial charge in [-0.05, 0) is 19.1 Å². The van der Waals surface area contributed by atoms with Crippen LogP contribution >= 0.6 is 11.8 Å². The van der Waals surface area contributed by atoms with E-state index in [1.54, 1.807) is 0 Å². The minimum Gasteiger partial charge on any atom is -0.396 e. The SMILES string of the molecule is CSC1(CNC(=O)c2[nH]ncc2N)CCCC1. The number of nitrogens with zero attached hydrogens (tertiary/aromatic N) is 1. The third-order valence-electron chi connectivity index (χ3n) is 3.41. The van der Waals surface area contributed by atoms with E-state index in [0.29, 0.717) is 17.9 Å². The zero-order valence-electron chi connectivity index (χ0n) is 9.95. The van der Waals surface area contributed by atoms with Crippen molar-refractivity contribution < 1.29 is 4.79 Å². The van der Waals surface area contributed by atoms with Crippen molar-refractivity contribution in [3.63, 3.8) is 0 Å². The number of nitrogens with two attached hydrogens (primary N) is 1. The van der Waals surface area contributed by atoms with E-state index in [0.717, 1.165) is 0 Å². The van der Waals surface area contributed by atoms with Gasteiger partial charge in [0, 0.05) is 11.3 Å². The Morgan fingerprint density at radius 2 is 2.35 bits per heavy atom. The Labute approximate surface area is 105 Å². The number of carbonyl (C=O) groups excluding carboxylic acids is 1. The second-order valence-corrected chi connectivity index (χ2v) is 5.75. The van der Waals surface area contributed by atoms with Crippen molar-refractivity contribution >= 4 is 23.4 Å². The first-order valence-corrected chi connectivity index (χ1v) is 7.01. The molecule has 1 aromatic heterocycles. The third-order valence-corrected chi connectivity index (χ3v) is 4.83. The molecule has 0 radical (unpaired) electrons. The predicted octanol–water partition coefficient (Wildman–Crippen LogP) is 1.40. The number of amides is 1. The molecule has 5 nitrogen and oxygen atoms in total. The molecule has 1 saturated carbocycles. The molecule has 2 rings (SSSR count). The van der Waals surface area contributed by atoms with E-state index in [9.17, 15) is 4.79 Å². The van der Waals surface area contributed by atoms with Gasteiger partial charge in [-0.25, -0.2) is 0 Å². The smallest absolute Gasteiger partial charge is 0.271 e. The van der Waals surface area contributed by atoms with Crippen molar-refractivity contribution in [2.45, 2.75) is 30.4 Å². The average molecular weight is 254 g/mol. The summed E-state index contributed by atoms with van der Waals surface area (Å²) in [5, 5.41) is 9.31. The zero-order chi connectivity index (χ0) is 12.3. The molecule has 1 aromatic rings. The summed E-state index contributed by atoms with van der Waals surface area (Å²) in [6.45, 7) is 0.700. The van der Waals surface area contributed by atoms with Gasteiger partial charge in [0.05, 0.1) is 11.9 Å². The summed E-state index contributed by atoms with van der Waals surface area (Å²) < 4.78 is 0.213. The van der Waals surface area contributed by atoms with Crippen LogP contribution in [0.25, 0.3) is 0 Å². The largest absolute Gasteiger partial charge is 0.396 e. The maximum atomic E-state index is 11.9. The predicted molar refractivity (Wildman–Crippen MR) is 70.0 cm³/mol. The second-order valence-electron chi connectivity index (χ2n) is 4.48. The normalized spacial score (nSPS) is 18.2. The Morgan fingerprint density at radius 3 is 2.88 bits per heavy atom. The Kier molecular flexibility index (Phi) is 3.61. The van der Waals surface area contributed by atoms with Gasteiger partial charge in [0.2, 0.25) is 0 Å². The van der Waals surface area contributed by atoms with Crippen LogP contribution in [0, 0.1) is 0 Å². The quantitative estimate of drug-likeness (QED) is 0.758. The van der Waals surface area contributed by atoms with Crippen LogP contribution in [-0.4, -0.2) is 33.7 Å². The maximum absolute atomic E-state index is 11.9. The molecule has 0 aromatic carbocycles. The summed E-state index contributed by atoms with van der Waals surface area (Å²) in [6, 6.07) is 0. The summed E-state index contributed by atoms with van der Waals surface area (Å²) in [4.78, 5) is 11.9. The molecule has 1 heterocycles. The van der Waals surface area contributed by atoms with E-state index in [-0.39, 0.29) is 10.7 Å². The highest BCUT2D eigenvalue weighted by atomic mass is 32.2. The first kappa shape index (κ1) is 12.3. The van der Waals surface area contributed by atoms with Crippen molar-refractivity contribution in [2.75, 3.05) is 18.5 Å². The van der Waals surface area contributed by atoms with E-state index in [1.165, 1.54) is 31.9 Å². The van der Waals surface area contributed by atoms with E-state index in [4.69, 9.17) is 5.73 Å². The molecule has 6 heteroatoms. The van der Waals surface area contributed by atoms with Gasteiger partial charge in [-0.15, -0.1) is 0 Å². The van der Waals surface area contributed by atoms with Crippen LogP contribution in [0.4, 0.5) is 5.69 Å². The molecule has 17 heavy (non-hydrogen) atoms. The lowest BCUT2D eigenvalue weighted by Crippen LogP contribution is -2.38. The molecule has 0 spiro atoms. The summed E-state index contributed by atoms with van der Waals surface area (Å²) in [5.74, 6) is -0.166. The number of aromatic nitrogens is 2. The van der Waals surface area contributed by atoms with Gasteiger partial charge in [-0.3, -0.25) is 9.89 Å². The average Bonchev–Trinajstić information content (AvgIpc) is 2.95. The standard InChI is InChI=1S/C11H18N4OS/c1-17-11(4-2-3-5-11)7-13-10(16)9-8(12)6-14-15-9/h6H,2-5,7,12H2,1H3,(H,13,16)(H,14,15). The summed E-state index contributed by atoms with van der Waals surface area (Å²) in [6.07, 6.45) is 8.42. The van der Waals surface area contributed by atoms with Crippen molar-refractivity contribution in [1.82, 2.24) is 15.5 Å². The Hall–Kier alpha value is -1.17. The first-order chi connectivity index (χ1) is 8.17. The van der Waals surface area contributed by atoms with Crippen molar-refractivity contribution in [3.05, 3.63) is 11.9 Å². The molecule has 0 unspecified atom stereocenters. The molecule has 94 valence electrons. The fraction of sp³-hybridized carbons (Fsp3) is 0.636. The van der Waals surface area contributed by atoms with E-state index in [1.807, 2.05) is 11.8 Å².